The van der Waals surface area contributed by atoms with E-state index in [1.165, 1.54) is 10.5 Å². The molecule has 0 saturated carbocycles. The molecule has 0 N–H and O–H groups in total. The van der Waals surface area contributed by atoms with Gasteiger partial charge >= 0.3 is 6.09 Å². The van der Waals surface area contributed by atoms with E-state index < -0.39 is 0 Å². The van der Waals surface area contributed by atoms with Gasteiger partial charge in [-0.3, -0.25) is 0 Å². The first-order valence-corrected chi connectivity index (χ1v) is 6.41. The molecular formula is C15H25NO2. The Bertz CT molecular complexity index is 384. The Morgan fingerprint density at radius 3 is 2.17 bits per heavy atom. The van der Waals surface area contributed by atoms with Gasteiger partial charge in [0.1, 0.15) is 5.75 Å². The zero-order valence-corrected chi connectivity index (χ0v) is 12.6. The molecule has 0 bridgehead atoms. The van der Waals surface area contributed by atoms with E-state index in [2.05, 4.69) is 13.8 Å². The molecule has 18 heavy (non-hydrogen) atoms. The fraction of sp³-hybridized carbons (Fsp3) is 0.533. The predicted molar refractivity (Wildman–Crippen MR) is 76.3 cm³/mol. The lowest BCUT2D eigenvalue weighted by atomic mass is 9.98. The van der Waals surface area contributed by atoms with Gasteiger partial charge in [0.2, 0.25) is 0 Å². The van der Waals surface area contributed by atoms with Crippen molar-refractivity contribution in [3.05, 3.63) is 29.3 Å². The van der Waals surface area contributed by atoms with Crippen LogP contribution in [0, 0.1) is 6.92 Å². The van der Waals surface area contributed by atoms with Gasteiger partial charge in [0.25, 0.3) is 0 Å². The van der Waals surface area contributed by atoms with Crippen molar-refractivity contribution < 1.29 is 9.53 Å². The number of ether oxygens (including phenoxy) is 1. The normalized spacial score (nSPS) is 9.56. The molecule has 0 saturated heterocycles. The summed E-state index contributed by atoms with van der Waals surface area (Å²) >= 11 is 0. The van der Waals surface area contributed by atoms with E-state index in [1.54, 1.807) is 14.1 Å². The molecule has 0 unspecified atom stereocenters. The fourth-order valence-corrected chi connectivity index (χ4v) is 1.55. The van der Waals surface area contributed by atoms with E-state index in [9.17, 15) is 4.79 Å². The molecule has 0 aliphatic heterocycles. The average molecular weight is 251 g/mol. The van der Waals surface area contributed by atoms with Crippen LogP contribution in [0.1, 0.15) is 44.7 Å². The van der Waals surface area contributed by atoms with Gasteiger partial charge in [-0.2, -0.15) is 0 Å². The van der Waals surface area contributed by atoms with E-state index in [-0.39, 0.29) is 6.09 Å². The van der Waals surface area contributed by atoms with Crippen molar-refractivity contribution in [3.8, 4) is 5.75 Å². The van der Waals surface area contributed by atoms with Crippen molar-refractivity contribution in [3.63, 3.8) is 0 Å². The minimum atomic E-state index is -0.350. The van der Waals surface area contributed by atoms with Crippen molar-refractivity contribution in [1.82, 2.24) is 4.90 Å². The van der Waals surface area contributed by atoms with Gasteiger partial charge in [-0.05, 0) is 36.1 Å². The van der Waals surface area contributed by atoms with Crippen LogP contribution in [-0.4, -0.2) is 25.1 Å². The maximum atomic E-state index is 11.3. The Balaban J connectivity index is 0.00000137. The third kappa shape index (κ3) is 4.78. The van der Waals surface area contributed by atoms with E-state index in [0.29, 0.717) is 11.7 Å². The Kier molecular flexibility index (Phi) is 7.10. The quantitative estimate of drug-likeness (QED) is 0.788. The van der Waals surface area contributed by atoms with Crippen molar-refractivity contribution in [2.75, 3.05) is 14.1 Å². The molecule has 1 amide bonds. The van der Waals surface area contributed by atoms with Gasteiger partial charge in [-0.15, -0.1) is 0 Å². The van der Waals surface area contributed by atoms with Crippen LogP contribution in [0.2, 0.25) is 0 Å². The molecule has 3 heteroatoms. The lowest BCUT2D eigenvalue weighted by Gasteiger charge is -2.13. The predicted octanol–water partition coefficient (Wildman–Crippen LogP) is 4.21. The molecule has 1 rings (SSSR count). The molecule has 0 heterocycles. The smallest absolute Gasteiger partial charge is 0.410 e. The Hall–Kier alpha value is -1.51. The van der Waals surface area contributed by atoms with Crippen molar-refractivity contribution in [2.24, 2.45) is 0 Å². The number of hydrogen-bond donors (Lipinski definition) is 0. The van der Waals surface area contributed by atoms with Crippen LogP contribution < -0.4 is 4.74 Å². The van der Waals surface area contributed by atoms with Gasteiger partial charge in [0, 0.05) is 14.1 Å². The Morgan fingerprint density at radius 1 is 1.22 bits per heavy atom. The summed E-state index contributed by atoms with van der Waals surface area (Å²) in [4.78, 5) is 12.8. The number of rotatable bonds is 2. The first-order valence-electron chi connectivity index (χ1n) is 6.41. The SMILES string of the molecule is CC.Cc1cc(OC(=O)N(C)C)ccc1C(C)C. The summed E-state index contributed by atoms with van der Waals surface area (Å²) in [6, 6.07) is 5.75. The van der Waals surface area contributed by atoms with Crippen LogP contribution in [-0.2, 0) is 0 Å². The molecule has 0 aliphatic rings. The number of hydrogen-bond acceptors (Lipinski definition) is 2. The van der Waals surface area contributed by atoms with E-state index in [1.807, 2.05) is 39.0 Å². The number of carbonyl (C=O) groups is 1. The van der Waals surface area contributed by atoms with Crippen molar-refractivity contribution in [1.29, 1.82) is 0 Å². The highest BCUT2D eigenvalue weighted by atomic mass is 16.6. The second kappa shape index (κ2) is 7.75. The highest BCUT2D eigenvalue weighted by Crippen LogP contribution is 2.23. The van der Waals surface area contributed by atoms with Crippen LogP contribution in [0.25, 0.3) is 0 Å². The zero-order valence-electron chi connectivity index (χ0n) is 12.6. The van der Waals surface area contributed by atoms with Crippen LogP contribution in [0.15, 0.2) is 18.2 Å². The largest absolute Gasteiger partial charge is 0.414 e. The number of carbonyl (C=O) groups excluding carboxylic acids is 1. The van der Waals surface area contributed by atoms with E-state index >= 15 is 0 Å². The average Bonchev–Trinajstić information content (AvgIpc) is 2.31. The highest BCUT2D eigenvalue weighted by Gasteiger charge is 2.09. The topological polar surface area (TPSA) is 29.5 Å². The van der Waals surface area contributed by atoms with E-state index in [4.69, 9.17) is 4.74 Å². The molecule has 0 atom stereocenters. The fourth-order valence-electron chi connectivity index (χ4n) is 1.55. The summed E-state index contributed by atoms with van der Waals surface area (Å²) < 4.78 is 5.18. The maximum absolute atomic E-state index is 11.3. The van der Waals surface area contributed by atoms with E-state index in [0.717, 1.165) is 5.56 Å². The monoisotopic (exact) mass is 251 g/mol. The molecule has 0 aromatic heterocycles. The summed E-state index contributed by atoms with van der Waals surface area (Å²) in [5.74, 6) is 1.08. The molecule has 0 spiro atoms. The summed E-state index contributed by atoms with van der Waals surface area (Å²) in [5, 5.41) is 0. The number of nitrogens with zero attached hydrogens (tertiary/aromatic N) is 1. The van der Waals surface area contributed by atoms with Crippen LogP contribution in [0.4, 0.5) is 4.79 Å². The maximum Gasteiger partial charge on any atom is 0.414 e. The first-order chi connectivity index (χ1) is 8.41. The standard InChI is InChI=1S/C13H19NO2.C2H6/c1-9(2)12-7-6-11(8-10(12)3)16-13(15)14(4)5;1-2/h6-9H,1-5H3;1-2H3. The molecule has 0 fully saturated rings. The third-order valence-corrected chi connectivity index (χ3v) is 2.43. The molecule has 3 nitrogen and oxygen atoms in total. The minimum Gasteiger partial charge on any atom is -0.410 e. The molecule has 1 aromatic rings. The number of aryl methyl sites for hydroxylation is 1. The van der Waals surface area contributed by atoms with Crippen LogP contribution in [0.5, 0.6) is 5.75 Å². The third-order valence-electron chi connectivity index (χ3n) is 2.43. The zero-order chi connectivity index (χ0) is 14.3. The summed E-state index contributed by atoms with van der Waals surface area (Å²) in [7, 11) is 3.33. The molecule has 1 aromatic carbocycles. The Labute approximate surface area is 111 Å². The highest BCUT2D eigenvalue weighted by molar-refractivity contribution is 5.70. The second-order valence-corrected chi connectivity index (χ2v) is 4.44. The van der Waals surface area contributed by atoms with Gasteiger partial charge in [-0.1, -0.05) is 33.8 Å². The Morgan fingerprint density at radius 2 is 1.78 bits per heavy atom. The number of amides is 1. The van der Waals surface area contributed by atoms with Crippen LogP contribution in [0.3, 0.4) is 0 Å². The van der Waals surface area contributed by atoms with Gasteiger partial charge in [-0.25, -0.2) is 4.79 Å². The van der Waals surface area contributed by atoms with Gasteiger partial charge in [0.05, 0.1) is 0 Å². The molecule has 0 aliphatic carbocycles. The molecule has 102 valence electrons. The number of benzene rings is 1. The summed E-state index contributed by atoms with van der Waals surface area (Å²) in [6.45, 7) is 10.3. The van der Waals surface area contributed by atoms with Gasteiger partial charge in [0.15, 0.2) is 0 Å². The van der Waals surface area contributed by atoms with Crippen LogP contribution >= 0.6 is 0 Å². The lowest BCUT2D eigenvalue weighted by molar-refractivity contribution is 0.172. The van der Waals surface area contributed by atoms with Gasteiger partial charge < -0.3 is 9.64 Å². The minimum absolute atomic E-state index is 0.350. The second-order valence-electron chi connectivity index (χ2n) is 4.44. The molecule has 0 radical (unpaired) electrons. The molecular weight excluding hydrogens is 226 g/mol. The lowest BCUT2D eigenvalue weighted by Crippen LogP contribution is -2.25. The summed E-state index contributed by atoms with van der Waals surface area (Å²) in [6.07, 6.45) is -0.350. The summed E-state index contributed by atoms with van der Waals surface area (Å²) in [5.41, 5.74) is 2.43. The van der Waals surface area contributed by atoms with Crippen molar-refractivity contribution in [2.45, 2.75) is 40.5 Å². The first kappa shape index (κ1) is 16.5. The van der Waals surface area contributed by atoms with Crippen molar-refractivity contribution >= 4 is 6.09 Å².